The molecule has 1 saturated heterocycles. The van der Waals surface area contributed by atoms with Gasteiger partial charge in [0.1, 0.15) is 0 Å². The Balaban J connectivity index is 1.94. The number of rotatable bonds is 5. The van der Waals surface area contributed by atoms with Gasteiger partial charge in [-0.1, -0.05) is 18.2 Å². The normalized spacial score (nSPS) is 18.3. The predicted molar refractivity (Wildman–Crippen MR) is 82.8 cm³/mol. The van der Waals surface area contributed by atoms with E-state index in [1.54, 1.807) is 4.90 Å². The second kappa shape index (κ2) is 7.40. The van der Waals surface area contributed by atoms with Gasteiger partial charge in [-0.3, -0.25) is 9.59 Å². The van der Waals surface area contributed by atoms with E-state index in [1.165, 1.54) is 11.1 Å². The molecule has 120 valence electrons. The molecule has 1 heterocycles. The van der Waals surface area contributed by atoms with Crippen LogP contribution in [0, 0.1) is 13.8 Å². The number of hydrogen-bond donors (Lipinski definition) is 1. The fourth-order valence-electron chi connectivity index (χ4n) is 2.71. The van der Waals surface area contributed by atoms with Crippen LogP contribution in [0.3, 0.4) is 0 Å². The molecule has 0 aliphatic carbocycles. The van der Waals surface area contributed by atoms with Crippen LogP contribution in [0.1, 0.15) is 29.5 Å². The molecule has 1 fully saturated rings. The van der Waals surface area contributed by atoms with Gasteiger partial charge in [-0.15, -0.1) is 0 Å². The van der Waals surface area contributed by atoms with Gasteiger partial charge >= 0.3 is 5.97 Å². The molecule has 1 aliphatic rings. The second-order valence-electron chi connectivity index (χ2n) is 5.83. The van der Waals surface area contributed by atoms with Crippen LogP contribution in [0.2, 0.25) is 0 Å². The number of morpholine rings is 1. The Kier molecular flexibility index (Phi) is 5.55. The van der Waals surface area contributed by atoms with Crippen molar-refractivity contribution in [2.24, 2.45) is 0 Å². The van der Waals surface area contributed by atoms with Gasteiger partial charge in [-0.25, -0.2) is 0 Å². The smallest absolute Gasteiger partial charge is 0.305 e. The maximum absolute atomic E-state index is 12.4. The van der Waals surface area contributed by atoms with E-state index in [0.29, 0.717) is 32.6 Å². The zero-order chi connectivity index (χ0) is 16.1. The van der Waals surface area contributed by atoms with Crippen LogP contribution >= 0.6 is 0 Å². The number of amides is 1. The van der Waals surface area contributed by atoms with Gasteiger partial charge in [0.2, 0.25) is 5.91 Å². The number of hydrogen-bond acceptors (Lipinski definition) is 3. The van der Waals surface area contributed by atoms with Gasteiger partial charge in [0, 0.05) is 13.0 Å². The summed E-state index contributed by atoms with van der Waals surface area (Å²) in [6, 6.07) is 5.87. The Morgan fingerprint density at radius 1 is 1.32 bits per heavy atom. The number of carboxylic acids is 1. The highest BCUT2D eigenvalue weighted by molar-refractivity contribution is 5.78. The molecule has 1 atom stereocenters. The Morgan fingerprint density at radius 2 is 2.09 bits per heavy atom. The largest absolute Gasteiger partial charge is 0.481 e. The van der Waals surface area contributed by atoms with E-state index in [0.717, 1.165) is 5.56 Å². The first-order valence-electron chi connectivity index (χ1n) is 7.62. The lowest BCUT2D eigenvalue weighted by Gasteiger charge is -2.35. The number of ether oxygens (including phenoxy) is 1. The lowest BCUT2D eigenvalue weighted by Crippen LogP contribution is -2.49. The third-order valence-corrected chi connectivity index (χ3v) is 4.16. The first-order chi connectivity index (χ1) is 10.5. The number of carboxylic acid groups (broad SMARTS) is 1. The predicted octanol–water partition coefficient (Wildman–Crippen LogP) is 1.94. The van der Waals surface area contributed by atoms with E-state index in [1.807, 2.05) is 6.07 Å². The molecule has 0 saturated carbocycles. The molecule has 1 aromatic carbocycles. The maximum Gasteiger partial charge on any atom is 0.305 e. The molecule has 5 nitrogen and oxygen atoms in total. The van der Waals surface area contributed by atoms with Crippen LogP contribution in [0.4, 0.5) is 0 Å². The number of carbonyl (C=O) groups excluding carboxylic acids is 1. The molecule has 1 aromatic rings. The molecular weight excluding hydrogens is 282 g/mol. The first kappa shape index (κ1) is 16.5. The monoisotopic (exact) mass is 305 g/mol. The summed E-state index contributed by atoms with van der Waals surface area (Å²) in [5, 5.41) is 8.94. The quantitative estimate of drug-likeness (QED) is 0.903. The number of nitrogens with zero attached hydrogens (tertiary/aromatic N) is 1. The second-order valence-corrected chi connectivity index (χ2v) is 5.83. The van der Waals surface area contributed by atoms with Gasteiger partial charge in [0.05, 0.1) is 25.7 Å². The molecule has 0 radical (unpaired) electrons. The molecule has 0 bridgehead atoms. The van der Waals surface area contributed by atoms with Crippen molar-refractivity contribution in [1.82, 2.24) is 4.90 Å². The fourth-order valence-corrected chi connectivity index (χ4v) is 2.71. The minimum absolute atomic E-state index is 0.00720. The van der Waals surface area contributed by atoms with Gasteiger partial charge in [-0.05, 0) is 37.0 Å². The van der Waals surface area contributed by atoms with Crippen molar-refractivity contribution in [3.63, 3.8) is 0 Å². The molecule has 0 spiro atoms. The van der Waals surface area contributed by atoms with Crippen molar-refractivity contribution < 1.29 is 19.4 Å². The van der Waals surface area contributed by atoms with E-state index in [-0.39, 0.29) is 18.4 Å². The van der Waals surface area contributed by atoms with Crippen molar-refractivity contribution >= 4 is 11.9 Å². The maximum atomic E-state index is 12.4. The van der Waals surface area contributed by atoms with Crippen molar-refractivity contribution in [2.75, 3.05) is 19.8 Å². The third-order valence-electron chi connectivity index (χ3n) is 4.16. The van der Waals surface area contributed by atoms with E-state index < -0.39 is 5.97 Å². The van der Waals surface area contributed by atoms with E-state index in [4.69, 9.17) is 9.84 Å². The number of benzene rings is 1. The molecule has 1 amide bonds. The van der Waals surface area contributed by atoms with Crippen LogP contribution in [0.25, 0.3) is 0 Å². The van der Waals surface area contributed by atoms with Gasteiger partial charge in [-0.2, -0.15) is 0 Å². The Morgan fingerprint density at radius 3 is 2.77 bits per heavy atom. The van der Waals surface area contributed by atoms with Gasteiger partial charge in [0.25, 0.3) is 0 Å². The molecule has 1 N–H and O–H groups in total. The summed E-state index contributed by atoms with van der Waals surface area (Å²) in [4.78, 5) is 24.9. The zero-order valence-corrected chi connectivity index (χ0v) is 13.2. The third kappa shape index (κ3) is 4.31. The van der Waals surface area contributed by atoms with Crippen molar-refractivity contribution in [3.05, 3.63) is 34.9 Å². The minimum atomic E-state index is -0.901. The van der Waals surface area contributed by atoms with Gasteiger partial charge in [0.15, 0.2) is 0 Å². The van der Waals surface area contributed by atoms with E-state index >= 15 is 0 Å². The van der Waals surface area contributed by atoms with E-state index in [9.17, 15) is 9.59 Å². The topological polar surface area (TPSA) is 66.8 Å². The SMILES string of the molecule is Cc1ccc(CCC(=O)N2CCOC[C@H]2CC(=O)O)cc1C. The molecule has 2 rings (SSSR count). The molecular formula is C17H23NO4. The highest BCUT2D eigenvalue weighted by Crippen LogP contribution is 2.15. The van der Waals surface area contributed by atoms with Crippen molar-refractivity contribution in [1.29, 1.82) is 0 Å². The number of aliphatic carboxylic acids is 1. The molecule has 5 heteroatoms. The van der Waals surface area contributed by atoms with E-state index in [2.05, 4.69) is 26.0 Å². The molecule has 0 aromatic heterocycles. The average molecular weight is 305 g/mol. The van der Waals surface area contributed by atoms with Gasteiger partial charge < -0.3 is 14.7 Å². The van der Waals surface area contributed by atoms with Crippen molar-refractivity contribution in [3.8, 4) is 0 Å². The fraction of sp³-hybridized carbons (Fsp3) is 0.529. The standard InChI is InChI=1S/C17H23NO4/c1-12-3-4-14(9-13(12)2)5-6-16(19)18-7-8-22-11-15(18)10-17(20)21/h3-4,9,15H,5-8,10-11H2,1-2H3,(H,20,21)/t15-/m1/s1. The summed E-state index contributed by atoms with van der Waals surface area (Å²) in [6.07, 6.45) is 1.02. The summed E-state index contributed by atoms with van der Waals surface area (Å²) < 4.78 is 5.30. The number of carbonyl (C=O) groups is 2. The average Bonchev–Trinajstić information content (AvgIpc) is 2.48. The summed E-state index contributed by atoms with van der Waals surface area (Å²) in [6.45, 7) is 5.39. The van der Waals surface area contributed by atoms with Crippen molar-refractivity contribution in [2.45, 2.75) is 39.2 Å². The lowest BCUT2D eigenvalue weighted by atomic mass is 10.0. The van der Waals surface area contributed by atoms with Crippen LogP contribution < -0.4 is 0 Å². The number of aryl methyl sites for hydroxylation is 3. The zero-order valence-electron chi connectivity index (χ0n) is 13.2. The highest BCUT2D eigenvalue weighted by Gasteiger charge is 2.28. The summed E-state index contributed by atoms with van der Waals surface area (Å²) in [5.74, 6) is -0.893. The lowest BCUT2D eigenvalue weighted by molar-refractivity contribution is -0.146. The molecule has 22 heavy (non-hydrogen) atoms. The van der Waals surface area contributed by atoms with Crippen LogP contribution in [-0.2, 0) is 20.7 Å². The van der Waals surface area contributed by atoms with Crippen LogP contribution in [0.5, 0.6) is 0 Å². The van der Waals surface area contributed by atoms with Crippen LogP contribution in [0.15, 0.2) is 18.2 Å². The first-order valence-corrected chi connectivity index (χ1v) is 7.62. The molecule has 0 unspecified atom stereocenters. The summed E-state index contributed by atoms with van der Waals surface area (Å²) >= 11 is 0. The Labute approximate surface area is 130 Å². The molecule has 1 aliphatic heterocycles. The van der Waals surface area contributed by atoms with Crippen LogP contribution in [-0.4, -0.2) is 47.7 Å². The highest BCUT2D eigenvalue weighted by atomic mass is 16.5. The Hall–Kier alpha value is -1.88. The Bertz CT molecular complexity index is 556. The minimum Gasteiger partial charge on any atom is -0.481 e. The summed E-state index contributed by atoms with van der Waals surface area (Å²) in [5.41, 5.74) is 3.60. The summed E-state index contributed by atoms with van der Waals surface area (Å²) in [7, 11) is 0.